The maximum absolute atomic E-state index is 10.1. The van der Waals surface area contributed by atoms with Gasteiger partial charge in [-0.2, -0.15) is 8.42 Å². The molecule has 0 aliphatic heterocycles. The van der Waals surface area contributed by atoms with Crippen molar-refractivity contribution in [2.24, 2.45) is 0 Å². The highest BCUT2D eigenvalue weighted by Crippen LogP contribution is 2.25. The second kappa shape index (κ2) is 9.70. The van der Waals surface area contributed by atoms with E-state index in [1.165, 1.54) is 24.3 Å². The van der Waals surface area contributed by atoms with Gasteiger partial charge >= 0.3 is 10.4 Å². The Kier molecular flexibility index (Phi) is 8.38. The minimum atomic E-state index is -4.67. The zero-order valence-electron chi connectivity index (χ0n) is 13.2. The summed E-state index contributed by atoms with van der Waals surface area (Å²) in [6, 6.07) is 6.96. The normalized spacial score (nSPS) is 9.85. The van der Waals surface area contributed by atoms with Gasteiger partial charge in [-0.15, -0.1) is 0 Å². The second-order valence-electron chi connectivity index (χ2n) is 4.45. The van der Waals surface area contributed by atoms with Crippen LogP contribution in [0.4, 0.5) is 22.7 Å². The first-order valence-corrected chi connectivity index (χ1v) is 7.77. The van der Waals surface area contributed by atoms with Gasteiger partial charge in [0.2, 0.25) is 0 Å². The summed E-state index contributed by atoms with van der Waals surface area (Å²) in [6.45, 7) is 0. The average Bonchev–Trinajstić information content (AvgIpc) is 2.51. The third kappa shape index (κ3) is 10.0. The Labute approximate surface area is 151 Å². The molecular formula is C12H14N4O10S. The lowest BCUT2D eigenvalue weighted by Crippen LogP contribution is -1.90. The number of hydrogen-bond donors (Lipinski definition) is 6. The van der Waals surface area contributed by atoms with Crippen LogP contribution in [-0.4, -0.2) is 37.6 Å². The lowest BCUT2D eigenvalue weighted by molar-refractivity contribution is -0.385. The molecular weight excluding hydrogens is 392 g/mol. The fraction of sp³-hybridized carbons (Fsp3) is 0. The third-order valence-corrected chi connectivity index (χ3v) is 2.44. The summed E-state index contributed by atoms with van der Waals surface area (Å²) in [5.74, 6) is -0.286. The molecule has 0 spiro atoms. The molecule has 148 valence electrons. The van der Waals surface area contributed by atoms with Gasteiger partial charge in [0.25, 0.3) is 11.4 Å². The van der Waals surface area contributed by atoms with Gasteiger partial charge < -0.3 is 21.7 Å². The van der Waals surface area contributed by atoms with Crippen LogP contribution in [0.1, 0.15) is 0 Å². The lowest BCUT2D eigenvalue weighted by atomic mass is 10.2. The van der Waals surface area contributed by atoms with Crippen molar-refractivity contribution < 1.29 is 37.6 Å². The molecule has 8 N–H and O–H groups in total. The fourth-order valence-corrected chi connectivity index (χ4v) is 1.31. The summed E-state index contributed by atoms with van der Waals surface area (Å²) in [6.07, 6.45) is 0. The van der Waals surface area contributed by atoms with Crippen molar-refractivity contribution in [3.05, 3.63) is 56.6 Å². The summed E-state index contributed by atoms with van der Waals surface area (Å²) in [5, 5.41) is 38.0. The molecule has 0 atom stereocenters. The number of hydrogen-bond acceptors (Lipinski definition) is 10. The van der Waals surface area contributed by atoms with Crippen LogP contribution < -0.4 is 11.5 Å². The van der Waals surface area contributed by atoms with E-state index in [-0.39, 0.29) is 34.2 Å². The zero-order valence-corrected chi connectivity index (χ0v) is 14.0. The highest BCUT2D eigenvalue weighted by molar-refractivity contribution is 7.79. The van der Waals surface area contributed by atoms with E-state index in [2.05, 4.69) is 0 Å². The Balaban J connectivity index is 0.000000405. The lowest BCUT2D eigenvalue weighted by Gasteiger charge is -1.96. The zero-order chi connectivity index (χ0) is 21.4. The molecule has 0 aliphatic rings. The molecule has 15 heteroatoms. The third-order valence-electron chi connectivity index (χ3n) is 2.44. The maximum Gasteiger partial charge on any atom is 0.394 e. The van der Waals surface area contributed by atoms with E-state index in [0.29, 0.717) is 0 Å². The largest absolute Gasteiger partial charge is 0.506 e. The van der Waals surface area contributed by atoms with E-state index in [0.717, 1.165) is 12.1 Å². The number of nitrogens with two attached hydrogens (primary N) is 2. The highest BCUT2D eigenvalue weighted by Gasteiger charge is 2.07. The smallest absolute Gasteiger partial charge is 0.394 e. The number of aromatic hydroxyl groups is 2. The molecule has 2 rings (SSSR count). The number of nitrogen functional groups attached to an aromatic ring is 2. The number of non-ortho nitro benzene ring substituents is 2. The first kappa shape index (κ1) is 23.3. The van der Waals surface area contributed by atoms with Gasteiger partial charge in [-0.25, -0.2) is 0 Å². The van der Waals surface area contributed by atoms with Crippen molar-refractivity contribution in [1.29, 1.82) is 0 Å². The van der Waals surface area contributed by atoms with Gasteiger partial charge in [-0.1, -0.05) is 0 Å². The number of benzene rings is 2. The summed E-state index contributed by atoms with van der Waals surface area (Å²) in [7, 11) is -4.67. The molecule has 0 heterocycles. The number of nitro groups is 2. The van der Waals surface area contributed by atoms with Crippen LogP contribution >= 0.6 is 0 Å². The van der Waals surface area contributed by atoms with Gasteiger partial charge in [0.1, 0.15) is 11.5 Å². The van der Waals surface area contributed by atoms with Gasteiger partial charge in [0.15, 0.2) is 0 Å². The number of nitrogens with zero attached hydrogens (tertiary/aromatic N) is 2. The van der Waals surface area contributed by atoms with E-state index < -0.39 is 20.2 Å². The molecule has 0 saturated carbocycles. The first-order valence-electron chi connectivity index (χ1n) is 6.38. The monoisotopic (exact) mass is 406 g/mol. The number of phenols is 2. The minimum Gasteiger partial charge on any atom is -0.506 e. The van der Waals surface area contributed by atoms with Gasteiger partial charge in [0, 0.05) is 24.3 Å². The van der Waals surface area contributed by atoms with Crippen LogP contribution in [0.15, 0.2) is 36.4 Å². The molecule has 2 aromatic rings. The molecule has 0 aliphatic carbocycles. The van der Waals surface area contributed by atoms with Crippen LogP contribution in [0.2, 0.25) is 0 Å². The number of phenolic OH excluding ortho intramolecular Hbond substituents is 2. The number of anilines is 2. The molecule has 0 unspecified atom stereocenters. The van der Waals surface area contributed by atoms with Crippen molar-refractivity contribution >= 4 is 33.1 Å². The van der Waals surface area contributed by atoms with Crippen LogP contribution in [0.25, 0.3) is 0 Å². The Morgan fingerprint density at radius 2 is 1.04 bits per heavy atom. The van der Waals surface area contributed by atoms with Crippen molar-refractivity contribution in [3.63, 3.8) is 0 Å². The van der Waals surface area contributed by atoms with Crippen molar-refractivity contribution in [2.45, 2.75) is 0 Å². The average molecular weight is 406 g/mol. The molecule has 0 radical (unpaired) electrons. The molecule has 0 amide bonds. The van der Waals surface area contributed by atoms with E-state index in [1.807, 2.05) is 0 Å². The van der Waals surface area contributed by atoms with Crippen LogP contribution in [0.3, 0.4) is 0 Å². The predicted molar refractivity (Wildman–Crippen MR) is 92.5 cm³/mol. The Bertz CT molecular complexity index is 862. The van der Waals surface area contributed by atoms with Crippen molar-refractivity contribution in [3.8, 4) is 11.5 Å². The topological polar surface area (TPSA) is 253 Å². The Morgan fingerprint density at radius 3 is 1.22 bits per heavy atom. The predicted octanol–water partition coefficient (Wildman–Crippen LogP) is 1.11. The van der Waals surface area contributed by atoms with Crippen LogP contribution in [0.5, 0.6) is 11.5 Å². The SMILES string of the molecule is Nc1cc([N+](=O)[O-])ccc1O.Nc1cc([N+](=O)[O-])ccc1O.O=S(=O)(O)O. The first-order chi connectivity index (χ1) is 12.2. The quantitative estimate of drug-likeness (QED) is 0.135. The van der Waals surface area contributed by atoms with Crippen molar-refractivity contribution in [2.75, 3.05) is 11.5 Å². The van der Waals surface area contributed by atoms with E-state index in [9.17, 15) is 20.2 Å². The van der Waals surface area contributed by atoms with E-state index in [4.69, 9.17) is 39.2 Å². The second-order valence-corrected chi connectivity index (χ2v) is 5.34. The molecule has 0 aromatic heterocycles. The van der Waals surface area contributed by atoms with Gasteiger partial charge in [-0.05, 0) is 12.1 Å². The molecule has 0 fully saturated rings. The Hall–Kier alpha value is -3.69. The highest BCUT2D eigenvalue weighted by atomic mass is 32.3. The Morgan fingerprint density at radius 1 is 0.778 bits per heavy atom. The minimum absolute atomic E-state index is 0.0131. The molecule has 0 saturated heterocycles. The summed E-state index contributed by atoms with van der Waals surface area (Å²) in [5.41, 5.74) is 10.2. The van der Waals surface area contributed by atoms with Crippen molar-refractivity contribution in [1.82, 2.24) is 0 Å². The number of nitro benzene ring substituents is 2. The number of rotatable bonds is 2. The summed E-state index contributed by atoms with van der Waals surface area (Å²) in [4.78, 5) is 19.1. The molecule has 2 aromatic carbocycles. The van der Waals surface area contributed by atoms with Crippen LogP contribution in [0, 0.1) is 20.2 Å². The molecule has 14 nitrogen and oxygen atoms in total. The standard InChI is InChI=1S/2C6H6N2O3.H2O4S/c2*7-5-3-4(8(10)11)1-2-6(5)9;1-5(2,3)4/h2*1-3,9H,7H2;(H2,1,2,3,4). The maximum atomic E-state index is 10.1. The van der Waals surface area contributed by atoms with Gasteiger partial charge in [0.05, 0.1) is 21.2 Å². The molecule has 0 bridgehead atoms. The summed E-state index contributed by atoms with van der Waals surface area (Å²) < 4.78 is 31.6. The van der Waals surface area contributed by atoms with E-state index in [1.54, 1.807) is 0 Å². The van der Waals surface area contributed by atoms with Gasteiger partial charge in [-0.3, -0.25) is 29.3 Å². The fourth-order valence-electron chi connectivity index (χ4n) is 1.31. The van der Waals surface area contributed by atoms with E-state index >= 15 is 0 Å². The molecule has 27 heavy (non-hydrogen) atoms. The summed E-state index contributed by atoms with van der Waals surface area (Å²) >= 11 is 0. The van der Waals surface area contributed by atoms with Crippen LogP contribution in [-0.2, 0) is 10.4 Å².